The lowest BCUT2D eigenvalue weighted by Gasteiger charge is -2.10. The standard InChI is InChI=1S/C14H16F2N4O/c1-3-6-17-14-18-8-11(16)13(20-14)19-12-7-9(21-2)4-5-10(12)15/h4-5,7-8H,3,6H2,1-2H3,(H2,17,18,19,20). The fourth-order valence-electron chi connectivity index (χ4n) is 1.63. The van der Waals surface area contributed by atoms with Gasteiger partial charge in [0.1, 0.15) is 11.6 Å². The Balaban J connectivity index is 2.26. The van der Waals surface area contributed by atoms with Crippen molar-refractivity contribution in [3.8, 4) is 5.75 Å². The first-order chi connectivity index (χ1) is 10.1. The Labute approximate surface area is 121 Å². The summed E-state index contributed by atoms with van der Waals surface area (Å²) in [6.45, 7) is 2.65. The van der Waals surface area contributed by atoms with Crippen molar-refractivity contribution in [3.63, 3.8) is 0 Å². The summed E-state index contributed by atoms with van der Waals surface area (Å²) in [5.41, 5.74) is 0.0772. The smallest absolute Gasteiger partial charge is 0.224 e. The molecular weight excluding hydrogens is 278 g/mol. The molecule has 2 aromatic rings. The zero-order valence-electron chi connectivity index (χ0n) is 11.8. The highest BCUT2D eigenvalue weighted by atomic mass is 19.1. The van der Waals surface area contributed by atoms with Crippen LogP contribution >= 0.6 is 0 Å². The minimum Gasteiger partial charge on any atom is -0.497 e. The minimum absolute atomic E-state index is 0.0772. The van der Waals surface area contributed by atoms with E-state index in [0.29, 0.717) is 12.3 Å². The molecule has 1 aromatic carbocycles. The summed E-state index contributed by atoms with van der Waals surface area (Å²) < 4.78 is 32.5. The first-order valence-electron chi connectivity index (χ1n) is 6.51. The van der Waals surface area contributed by atoms with Gasteiger partial charge in [-0.25, -0.2) is 13.8 Å². The first-order valence-corrected chi connectivity index (χ1v) is 6.51. The van der Waals surface area contributed by atoms with Gasteiger partial charge in [0.2, 0.25) is 5.95 Å². The topological polar surface area (TPSA) is 59.1 Å². The Morgan fingerprint density at radius 3 is 2.76 bits per heavy atom. The van der Waals surface area contributed by atoms with E-state index in [4.69, 9.17) is 4.74 Å². The van der Waals surface area contributed by atoms with Crippen LogP contribution in [0.15, 0.2) is 24.4 Å². The van der Waals surface area contributed by atoms with E-state index in [1.54, 1.807) is 0 Å². The summed E-state index contributed by atoms with van der Waals surface area (Å²) in [5.74, 6) is -0.561. The lowest BCUT2D eigenvalue weighted by molar-refractivity contribution is 0.414. The van der Waals surface area contributed by atoms with Gasteiger partial charge < -0.3 is 15.4 Å². The van der Waals surface area contributed by atoms with Gasteiger partial charge in [-0.1, -0.05) is 6.92 Å². The number of hydrogen-bond donors (Lipinski definition) is 2. The van der Waals surface area contributed by atoms with Crippen LogP contribution in [0.4, 0.5) is 26.2 Å². The van der Waals surface area contributed by atoms with Crippen LogP contribution in [0.5, 0.6) is 5.75 Å². The van der Waals surface area contributed by atoms with Gasteiger partial charge in [-0.05, 0) is 18.6 Å². The third-order valence-corrected chi connectivity index (χ3v) is 2.70. The number of halogens is 2. The molecule has 112 valence electrons. The summed E-state index contributed by atoms with van der Waals surface area (Å²) in [4.78, 5) is 7.80. The van der Waals surface area contributed by atoms with Crippen molar-refractivity contribution in [2.24, 2.45) is 0 Å². The zero-order valence-corrected chi connectivity index (χ0v) is 11.8. The molecule has 0 spiro atoms. The molecule has 0 atom stereocenters. The van der Waals surface area contributed by atoms with Gasteiger partial charge in [-0.2, -0.15) is 4.98 Å². The predicted molar refractivity (Wildman–Crippen MR) is 77.0 cm³/mol. The molecule has 0 aliphatic rings. The summed E-state index contributed by atoms with van der Waals surface area (Å²) in [6, 6.07) is 4.14. The molecule has 0 saturated heterocycles. The van der Waals surface area contributed by atoms with Gasteiger partial charge in [-0.3, -0.25) is 0 Å². The van der Waals surface area contributed by atoms with Gasteiger partial charge in [0.15, 0.2) is 11.6 Å². The quantitative estimate of drug-likeness (QED) is 0.855. The Kier molecular flexibility index (Phi) is 4.86. The molecule has 0 saturated carbocycles. The minimum atomic E-state index is -0.667. The normalized spacial score (nSPS) is 10.3. The van der Waals surface area contributed by atoms with E-state index in [2.05, 4.69) is 20.6 Å². The summed E-state index contributed by atoms with van der Waals surface area (Å²) in [5, 5.41) is 5.55. The highest BCUT2D eigenvalue weighted by Crippen LogP contribution is 2.25. The largest absolute Gasteiger partial charge is 0.497 e. The fraction of sp³-hybridized carbons (Fsp3) is 0.286. The van der Waals surface area contributed by atoms with E-state index in [-0.39, 0.29) is 17.5 Å². The third-order valence-electron chi connectivity index (χ3n) is 2.70. The van der Waals surface area contributed by atoms with Gasteiger partial charge in [0, 0.05) is 12.6 Å². The van der Waals surface area contributed by atoms with E-state index in [1.165, 1.54) is 25.3 Å². The average molecular weight is 294 g/mol. The van der Waals surface area contributed by atoms with Gasteiger partial charge in [0.05, 0.1) is 19.0 Å². The molecule has 7 heteroatoms. The number of nitrogens with one attached hydrogen (secondary N) is 2. The molecule has 0 fully saturated rings. The Morgan fingerprint density at radius 2 is 2.05 bits per heavy atom. The van der Waals surface area contributed by atoms with Crippen molar-refractivity contribution in [3.05, 3.63) is 36.0 Å². The number of aromatic nitrogens is 2. The molecule has 2 rings (SSSR count). The maximum Gasteiger partial charge on any atom is 0.224 e. The summed E-state index contributed by atoms with van der Waals surface area (Å²) in [7, 11) is 1.47. The number of benzene rings is 1. The fourth-order valence-corrected chi connectivity index (χ4v) is 1.63. The summed E-state index contributed by atoms with van der Waals surface area (Å²) >= 11 is 0. The van der Waals surface area contributed by atoms with E-state index in [9.17, 15) is 8.78 Å². The van der Waals surface area contributed by atoms with Crippen molar-refractivity contribution < 1.29 is 13.5 Å². The molecule has 0 bridgehead atoms. The monoisotopic (exact) mass is 294 g/mol. The maximum absolute atomic E-state index is 13.7. The molecule has 0 amide bonds. The second-order valence-corrected chi connectivity index (χ2v) is 4.29. The Bertz CT molecular complexity index is 622. The van der Waals surface area contributed by atoms with Crippen molar-refractivity contribution >= 4 is 17.5 Å². The zero-order chi connectivity index (χ0) is 15.2. The number of ether oxygens (including phenoxy) is 1. The Morgan fingerprint density at radius 1 is 1.24 bits per heavy atom. The molecule has 0 aliphatic carbocycles. The third kappa shape index (κ3) is 3.77. The SMILES string of the molecule is CCCNc1ncc(F)c(Nc2cc(OC)ccc2F)n1. The van der Waals surface area contributed by atoms with Crippen molar-refractivity contribution in [1.29, 1.82) is 0 Å². The molecule has 5 nitrogen and oxygen atoms in total. The lowest BCUT2D eigenvalue weighted by Crippen LogP contribution is -2.07. The highest BCUT2D eigenvalue weighted by molar-refractivity contribution is 5.60. The number of nitrogens with zero attached hydrogens (tertiary/aromatic N) is 2. The number of methoxy groups -OCH3 is 1. The first kappa shape index (κ1) is 15.0. The van der Waals surface area contributed by atoms with Crippen LogP contribution < -0.4 is 15.4 Å². The van der Waals surface area contributed by atoms with Gasteiger partial charge in [-0.15, -0.1) is 0 Å². The molecule has 2 N–H and O–H groups in total. The molecule has 21 heavy (non-hydrogen) atoms. The van der Waals surface area contributed by atoms with Crippen LogP contribution in [0.25, 0.3) is 0 Å². The van der Waals surface area contributed by atoms with Gasteiger partial charge in [0.25, 0.3) is 0 Å². The van der Waals surface area contributed by atoms with E-state index < -0.39 is 11.6 Å². The summed E-state index contributed by atoms with van der Waals surface area (Å²) in [6.07, 6.45) is 1.92. The van der Waals surface area contributed by atoms with Crippen molar-refractivity contribution in [2.45, 2.75) is 13.3 Å². The lowest BCUT2D eigenvalue weighted by atomic mass is 10.3. The van der Waals surface area contributed by atoms with Crippen molar-refractivity contribution in [2.75, 3.05) is 24.3 Å². The number of rotatable bonds is 6. The number of hydrogen-bond acceptors (Lipinski definition) is 5. The molecule has 0 radical (unpaired) electrons. The highest BCUT2D eigenvalue weighted by Gasteiger charge is 2.10. The van der Waals surface area contributed by atoms with Crippen LogP contribution in [0, 0.1) is 11.6 Å². The molecular formula is C14H16F2N4O. The second kappa shape index (κ2) is 6.83. The molecule has 0 unspecified atom stereocenters. The molecule has 0 aliphatic heterocycles. The van der Waals surface area contributed by atoms with Crippen LogP contribution in [0.2, 0.25) is 0 Å². The van der Waals surface area contributed by atoms with E-state index in [1.807, 2.05) is 6.92 Å². The van der Waals surface area contributed by atoms with Gasteiger partial charge >= 0.3 is 0 Å². The van der Waals surface area contributed by atoms with Crippen LogP contribution in [-0.2, 0) is 0 Å². The predicted octanol–water partition coefficient (Wildman–Crippen LogP) is 3.33. The Hall–Kier alpha value is -2.44. The second-order valence-electron chi connectivity index (χ2n) is 4.29. The van der Waals surface area contributed by atoms with Crippen LogP contribution in [0.1, 0.15) is 13.3 Å². The molecule has 1 heterocycles. The average Bonchev–Trinajstić information content (AvgIpc) is 2.50. The van der Waals surface area contributed by atoms with E-state index >= 15 is 0 Å². The van der Waals surface area contributed by atoms with E-state index in [0.717, 1.165) is 12.6 Å². The molecule has 1 aromatic heterocycles. The number of anilines is 3. The van der Waals surface area contributed by atoms with Crippen LogP contribution in [-0.4, -0.2) is 23.6 Å². The van der Waals surface area contributed by atoms with Crippen LogP contribution in [0.3, 0.4) is 0 Å². The van der Waals surface area contributed by atoms with Crippen molar-refractivity contribution in [1.82, 2.24) is 9.97 Å². The maximum atomic E-state index is 13.7.